The second-order valence-corrected chi connectivity index (χ2v) is 11.2. The quantitative estimate of drug-likeness (QED) is 0.190. The van der Waals surface area contributed by atoms with Gasteiger partial charge in [-0.3, -0.25) is 19.0 Å². The summed E-state index contributed by atoms with van der Waals surface area (Å²) in [5, 5.41) is 7.66. The third-order valence-corrected chi connectivity index (χ3v) is 8.42. The lowest BCUT2D eigenvalue weighted by molar-refractivity contribution is -0.126. The lowest BCUT2D eigenvalue weighted by atomic mass is 9.81. The molecular weight excluding hydrogens is 536 g/mol. The van der Waals surface area contributed by atoms with E-state index in [2.05, 4.69) is 10.6 Å². The fourth-order valence-corrected chi connectivity index (χ4v) is 5.92. The van der Waals surface area contributed by atoms with Crippen molar-refractivity contribution in [2.75, 3.05) is 26.0 Å². The zero-order valence-electron chi connectivity index (χ0n) is 22.2. The van der Waals surface area contributed by atoms with Gasteiger partial charge in [-0.15, -0.1) is 0 Å². The van der Waals surface area contributed by atoms with Crippen LogP contribution in [0.25, 0.3) is 10.9 Å². The number of para-hydroxylation sites is 1. The molecule has 208 valence electrons. The SMILES string of the molecule is COCCCNC(=O)CSc1nc2ccccc2c(=O)n1CC1CCC(C(=O)NCc2ccccc2Cl)CC1. The number of rotatable bonds is 12. The van der Waals surface area contributed by atoms with Crippen LogP contribution in [0.15, 0.2) is 58.5 Å². The second-order valence-electron chi connectivity index (χ2n) is 9.84. The third-order valence-electron chi connectivity index (χ3n) is 7.08. The van der Waals surface area contributed by atoms with E-state index < -0.39 is 0 Å². The Labute approximate surface area is 237 Å². The zero-order chi connectivity index (χ0) is 27.6. The number of halogens is 1. The number of ether oxygens (including phenoxy) is 1. The van der Waals surface area contributed by atoms with Crippen LogP contribution in [0, 0.1) is 11.8 Å². The van der Waals surface area contributed by atoms with Gasteiger partial charge < -0.3 is 15.4 Å². The van der Waals surface area contributed by atoms with Gasteiger partial charge in [0.15, 0.2) is 5.16 Å². The normalized spacial score (nSPS) is 17.2. The minimum absolute atomic E-state index is 0.0469. The summed E-state index contributed by atoms with van der Waals surface area (Å²) in [4.78, 5) is 43.3. The van der Waals surface area contributed by atoms with Crippen molar-refractivity contribution in [3.8, 4) is 0 Å². The lowest BCUT2D eigenvalue weighted by Gasteiger charge is -2.28. The van der Waals surface area contributed by atoms with E-state index in [9.17, 15) is 14.4 Å². The fraction of sp³-hybridized carbons (Fsp3) is 0.448. The standard InChI is InChI=1S/C29H35ClN4O4S/c1-38-16-6-15-31-26(35)19-39-29-33-25-10-5-3-8-23(25)28(37)34(29)18-20-11-13-21(14-12-20)27(36)32-17-22-7-2-4-9-24(22)30/h2-5,7-10,20-21H,6,11-19H2,1H3,(H,31,35)(H,32,36). The highest BCUT2D eigenvalue weighted by Gasteiger charge is 2.27. The number of nitrogens with zero attached hydrogens (tertiary/aromatic N) is 2. The van der Waals surface area contributed by atoms with Gasteiger partial charge in [0.05, 0.1) is 16.7 Å². The van der Waals surface area contributed by atoms with Crippen molar-refractivity contribution >= 4 is 46.1 Å². The van der Waals surface area contributed by atoms with Crippen LogP contribution in [0.1, 0.15) is 37.7 Å². The van der Waals surface area contributed by atoms with E-state index in [4.69, 9.17) is 21.3 Å². The molecular formula is C29H35ClN4O4S. The minimum Gasteiger partial charge on any atom is -0.385 e. The number of aromatic nitrogens is 2. The van der Waals surface area contributed by atoms with Crippen molar-refractivity contribution in [2.45, 2.75) is 50.4 Å². The molecule has 3 aromatic rings. The number of hydrogen-bond donors (Lipinski definition) is 2. The number of fused-ring (bicyclic) bond motifs is 1. The zero-order valence-corrected chi connectivity index (χ0v) is 23.7. The first kappa shape index (κ1) is 29.1. The van der Waals surface area contributed by atoms with Crippen molar-refractivity contribution in [1.29, 1.82) is 0 Å². The molecule has 1 aromatic heterocycles. The Morgan fingerprint density at radius 3 is 2.59 bits per heavy atom. The van der Waals surface area contributed by atoms with Crippen LogP contribution in [-0.4, -0.2) is 47.4 Å². The summed E-state index contributed by atoms with van der Waals surface area (Å²) in [7, 11) is 1.63. The van der Waals surface area contributed by atoms with Gasteiger partial charge in [-0.1, -0.05) is 53.7 Å². The van der Waals surface area contributed by atoms with Crippen LogP contribution in [-0.2, 0) is 27.4 Å². The molecule has 4 rings (SSSR count). The second kappa shape index (κ2) is 14.5. The van der Waals surface area contributed by atoms with Crippen molar-refractivity contribution in [1.82, 2.24) is 20.2 Å². The summed E-state index contributed by atoms with van der Waals surface area (Å²) in [6, 6.07) is 14.8. The average molecular weight is 571 g/mol. The third kappa shape index (κ3) is 8.06. The molecule has 0 radical (unpaired) electrons. The Bertz CT molecular complexity index is 1340. The highest BCUT2D eigenvalue weighted by atomic mass is 35.5. The number of hydrogen-bond acceptors (Lipinski definition) is 6. The first-order chi connectivity index (χ1) is 19.0. The number of nitrogens with one attached hydrogen (secondary N) is 2. The molecule has 0 unspecified atom stereocenters. The van der Waals surface area contributed by atoms with Gasteiger partial charge in [-0.25, -0.2) is 4.98 Å². The monoisotopic (exact) mass is 570 g/mol. The Balaban J connectivity index is 1.37. The van der Waals surface area contributed by atoms with E-state index in [0.29, 0.717) is 47.3 Å². The Morgan fingerprint density at radius 2 is 1.82 bits per heavy atom. The maximum Gasteiger partial charge on any atom is 0.262 e. The van der Waals surface area contributed by atoms with E-state index in [1.807, 2.05) is 42.5 Å². The Morgan fingerprint density at radius 1 is 1.08 bits per heavy atom. The highest BCUT2D eigenvalue weighted by molar-refractivity contribution is 7.99. The molecule has 1 fully saturated rings. The molecule has 8 nitrogen and oxygen atoms in total. The number of amides is 2. The minimum atomic E-state index is -0.103. The predicted molar refractivity (Wildman–Crippen MR) is 155 cm³/mol. The van der Waals surface area contributed by atoms with Gasteiger partial charge in [0.1, 0.15) is 0 Å². The molecule has 1 aliphatic rings. The van der Waals surface area contributed by atoms with Crippen LogP contribution < -0.4 is 16.2 Å². The molecule has 0 spiro atoms. The van der Waals surface area contributed by atoms with E-state index >= 15 is 0 Å². The van der Waals surface area contributed by atoms with E-state index in [1.165, 1.54) is 11.8 Å². The molecule has 2 aromatic carbocycles. The van der Waals surface area contributed by atoms with Crippen molar-refractivity contribution in [2.24, 2.45) is 11.8 Å². The largest absolute Gasteiger partial charge is 0.385 e. The van der Waals surface area contributed by atoms with Crippen LogP contribution in [0.5, 0.6) is 0 Å². The van der Waals surface area contributed by atoms with Crippen molar-refractivity contribution < 1.29 is 14.3 Å². The smallest absolute Gasteiger partial charge is 0.262 e. The molecule has 1 saturated carbocycles. The number of carbonyl (C=O) groups is 2. The molecule has 1 heterocycles. The number of carbonyl (C=O) groups excluding carboxylic acids is 2. The predicted octanol–water partition coefficient (Wildman–Crippen LogP) is 4.42. The van der Waals surface area contributed by atoms with Crippen LogP contribution >= 0.6 is 23.4 Å². The molecule has 2 amide bonds. The summed E-state index contributed by atoms with van der Waals surface area (Å²) in [5.41, 5.74) is 1.43. The summed E-state index contributed by atoms with van der Waals surface area (Å²) >= 11 is 7.49. The van der Waals surface area contributed by atoms with Gasteiger partial charge in [-0.2, -0.15) is 0 Å². The van der Waals surface area contributed by atoms with Gasteiger partial charge in [0.2, 0.25) is 11.8 Å². The van der Waals surface area contributed by atoms with Gasteiger partial charge in [-0.05, 0) is 61.8 Å². The molecule has 39 heavy (non-hydrogen) atoms. The van der Waals surface area contributed by atoms with Crippen molar-refractivity contribution in [3.63, 3.8) is 0 Å². The van der Waals surface area contributed by atoms with Gasteiger partial charge in [0.25, 0.3) is 5.56 Å². The van der Waals surface area contributed by atoms with E-state index in [-0.39, 0.29) is 35.0 Å². The number of benzene rings is 2. The summed E-state index contributed by atoms with van der Waals surface area (Å²) in [5.74, 6) is 0.321. The van der Waals surface area contributed by atoms with Crippen LogP contribution in [0.3, 0.4) is 0 Å². The van der Waals surface area contributed by atoms with Crippen molar-refractivity contribution in [3.05, 3.63) is 69.5 Å². The summed E-state index contributed by atoms with van der Waals surface area (Å²) in [6.45, 7) is 2.06. The van der Waals surface area contributed by atoms with E-state index in [0.717, 1.165) is 37.7 Å². The van der Waals surface area contributed by atoms with Gasteiger partial charge in [0, 0.05) is 44.3 Å². The fourth-order valence-electron chi connectivity index (χ4n) is 4.88. The molecule has 0 atom stereocenters. The topological polar surface area (TPSA) is 102 Å². The summed E-state index contributed by atoms with van der Waals surface area (Å²) in [6.07, 6.45) is 3.95. The molecule has 1 aliphatic carbocycles. The molecule has 0 aliphatic heterocycles. The van der Waals surface area contributed by atoms with Crippen LogP contribution in [0.2, 0.25) is 5.02 Å². The first-order valence-corrected chi connectivity index (χ1v) is 14.7. The lowest BCUT2D eigenvalue weighted by Crippen LogP contribution is -2.34. The first-order valence-electron chi connectivity index (χ1n) is 13.4. The maximum atomic E-state index is 13.5. The van der Waals surface area contributed by atoms with Crippen LogP contribution in [0.4, 0.5) is 0 Å². The molecule has 0 saturated heterocycles. The molecule has 10 heteroatoms. The Kier molecular flexibility index (Phi) is 10.8. The number of thioether (sulfide) groups is 1. The summed E-state index contributed by atoms with van der Waals surface area (Å²) < 4.78 is 6.73. The Hall–Kier alpha value is -2.88. The van der Waals surface area contributed by atoms with Gasteiger partial charge >= 0.3 is 0 Å². The average Bonchev–Trinajstić information content (AvgIpc) is 2.95. The molecule has 0 bridgehead atoms. The number of methoxy groups -OCH3 is 1. The highest BCUT2D eigenvalue weighted by Crippen LogP contribution is 2.31. The van der Waals surface area contributed by atoms with E-state index in [1.54, 1.807) is 17.7 Å². The maximum absolute atomic E-state index is 13.5. The molecule has 2 N–H and O–H groups in total.